The summed E-state index contributed by atoms with van der Waals surface area (Å²) in [4.78, 5) is 19.7. The van der Waals surface area contributed by atoms with Gasteiger partial charge in [0.05, 0.1) is 26.4 Å². The molecule has 2 aliphatic heterocycles. The number of nitrogens with one attached hydrogen (secondary N) is 1. The first-order chi connectivity index (χ1) is 15.1. The van der Waals surface area contributed by atoms with Crippen molar-refractivity contribution in [2.24, 2.45) is 0 Å². The number of rotatable bonds is 6. The molecule has 0 bridgehead atoms. The quantitative estimate of drug-likeness (QED) is 0.770. The molecular weight excluding hydrogens is 392 g/mol. The molecule has 1 atom stereocenters. The van der Waals surface area contributed by atoms with Crippen molar-refractivity contribution in [3.8, 4) is 5.75 Å². The summed E-state index contributed by atoms with van der Waals surface area (Å²) in [5, 5.41) is 3.07. The molecule has 7 heteroatoms. The molecular formula is C24H32N4O3. The first-order valence-corrected chi connectivity index (χ1v) is 11.0. The number of benzene rings is 2. The molecule has 1 unspecified atom stereocenters. The molecule has 2 heterocycles. The van der Waals surface area contributed by atoms with Crippen LogP contribution in [0.2, 0.25) is 0 Å². The molecule has 2 aromatic rings. The second-order valence-corrected chi connectivity index (χ2v) is 8.03. The van der Waals surface area contributed by atoms with Gasteiger partial charge in [0, 0.05) is 56.3 Å². The SMILES string of the molecule is COc1ccc(N2CCN(C(C)C(=O)Nc3ccc(N4CCOCC4)cc3)CC2)cc1. The van der Waals surface area contributed by atoms with E-state index >= 15 is 0 Å². The molecule has 2 aromatic carbocycles. The number of nitrogens with zero attached hydrogens (tertiary/aromatic N) is 3. The van der Waals surface area contributed by atoms with Gasteiger partial charge in [-0.2, -0.15) is 0 Å². The number of carbonyl (C=O) groups is 1. The summed E-state index contributed by atoms with van der Waals surface area (Å²) in [6, 6.07) is 16.1. The van der Waals surface area contributed by atoms with Crippen LogP contribution in [0.3, 0.4) is 0 Å². The number of methoxy groups -OCH3 is 1. The minimum Gasteiger partial charge on any atom is -0.497 e. The number of hydrogen-bond donors (Lipinski definition) is 1. The molecule has 4 rings (SSSR count). The summed E-state index contributed by atoms with van der Waals surface area (Å²) < 4.78 is 10.7. The van der Waals surface area contributed by atoms with E-state index in [-0.39, 0.29) is 11.9 Å². The van der Waals surface area contributed by atoms with Gasteiger partial charge >= 0.3 is 0 Å². The molecule has 0 radical (unpaired) electrons. The molecule has 2 fully saturated rings. The van der Waals surface area contributed by atoms with Gasteiger partial charge in [0.2, 0.25) is 5.91 Å². The smallest absolute Gasteiger partial charge is 0.241 e. The van der Waals surface area contributed by atoms with Crippen molar-refractivity contribution in [3.63, 3.8) is 0 Å². The van der Waals surface area contributed by atoms with Crippen LogP contribution in [-0.2, 0) is 9.53 Å². The highest BCUT2D eigenvalue weighted by Gasteiger charge is 2.26. The van der Waals surface area contributed by atoms with E-state index in [0.717, 1.165) is 63.9 Å². The molecule has 0 aromatic heterocycles. The normalized spacial score (nSPS) is 18.5. The lowest BCUT2D eigenvalue weighted by Gasteiger charge is -2.38. The van der Waals surface area contributed by atoms with Gasteiger partial charge < -0.3 is 24.6 Å². The standard InChI is InChI=1S/C24H32N4O3/c1-19(26-11-13-27(14-12-26)22-7-9-23(30-2)10-8-22)24(29)25-20-3-5-21(6-4-20)28-15-17-31-18-16-28/h3-10,19H,11-18H2,1-2H3,(H,25,29). The lowest BCUT2D eigenvalue weighted by molar-refractivity contribution is -0.120. The number of anilines is 3. The molecule has 0 saturated carbocycles. The van der Waals surface area contributed by atoms with E-state index in [9.17, 15) is 4.79 Å². The number of hydrogen-bond acceptors (Lipinski definition) is 6. The highest BCUT2D eigenvalue weighted by molar-refractivity contribution is 5.94. The van der Waals surface area contributed by atoms with Gasteiger partial charge in [0.1, 0.15) is 5.75 Å². The maximum Gasteiger partial charge on any atom is 0.241 e. The van der Waals surface area contributed by atoms with Crippen molar-refractivity contribution in [3.05, 3.63) is 48.5 Å². The van der Waals surface area contributed by atoms with Crippen LogP contribution in [0.15, 0.2) is 48.5 Å². The van der Waals surface area contributed by atoms with Gasteiger partial charge in [-0.15, -0.1) is 0 Å². The lowest BCUT2D eigenvalue weighted by Crippen LogP contribution is -2.52. The molecule has 2 aliphatic rings. The molecule has 7 nitrogen and oxygen atoms in total. The van der Waals surface area contributed by atoms with E-state index in [1.807, 2.05) is 31.2 Å². The molecule has 31 heavy (non-hydrogen) atoms. The number of piperazine rings is 1. The van der Waals surface area contributed by atoms with Crippen molar-refractivity contribution in [1.29, 1.82) is 0 Å². The number of amides is 1. The van der Waals surface area contributed by atoms with E-state index in [2.05, 4.69) is 44.3 Å². The third-order valence-electron chi connectivity index (χ3n) is 6.19. The average molecular weight is 425 g/mol. The Morgan fingerprint density at radius 2 is 1.42 bits per heavy atom. The van der Waals surface area contributed by atoms with E-state index in [1.165, 1.54) is 11.4 Å². The summed E-state index contributed by atoms with van der Waals surface area (Å²) in [7, 11) is 1.68. The number of carbonyl (C=O) groups excluding carboxylic acids is 1. The van der Waals surface area contributed by atoms with Crippen LogP contribution in [0.1, 0.15) is 6.92 Å². The molecule has 1 amide bonds. The van der Waals surface area contributed by atoms with Crippen molar-refractivity contribution >= 4 is 23.0 Å². The van der Waals surface area contributed by atoms with Crippen LogP contribution in [-0.4, -0.2) is 76.4 Å². The second-order valence-electron chi connectivity index (χ2n) is 8.03. The predicted octanol–water partition coefficient (Wildman–Crippen LogP) is 2.68. The Bertz CT molecular complexity index is 842. The van der Waals surface area contributed by atoms with Crippen LogP contribution in [0, 0.1) is 0 Å². The van der Waals surface area contributed by atoms with Crippen molar-refractivity contribution in [2.45, 2.75) is 13.0 Å². The van der Waals surface area contributed by atoms with E-state index < -0.39 is 0 Å². The molecule has 1 N–H and O–H groups in total. The predicted molar refractivity (Wildman–Crippen MR) is 124 cm³/mol. The summed E-state index contributed by atoms with van der Waals surface area (Å²) >= 11 is 0. The fourth-order valence-electron chi connectivity index (χ4n) is 4.15. The Morgan fingerprint density at radius 1 is 0.871 bits per heavy atom. The first kappa shape index (κ1) is 21.5. The van der Waals surface area contributed by atoms with E-state index in [1.54, 1.807) is 7.11 Å². The zero-order chi connectivity index (χ0) is 21.6. The number of ether oxygens (including phenoxy) is 2. The van der Waals surface area contributed by atoms with Gasteiger partial charge in [-0.25, -0.2) is 0 Å². The maximum absolute atomic E-state index is 12.8. The molecule has 0 spiro atoms. The average Bonchev–Trinajstić information content (AvgIpc) is 2.85. The van der Waals surface area contributed by atoms with E-state index in [4.69, 9.17) is 9.47 Å². The Hall–Kier alpha value is -2.77. The minimum absolute atomic E-state index is 0.0389. The fraction of sp³-hybridized carbons (Fsp3) is 0.458. The third kappa shape index (κ3) is 5.29. The maximum atomic E-state index is 12.8. The summed E-state index contributed by atoms with van der Waals surface area (Å²) in [6.07, 6.45) is 0. The Kier molecular flexibility index (Phi) is 6.94. The van der Waals surface area contributed by atoms with E-state index in [0.29, 0.717) is 0 Å². The lowest BCUT2D eigenvalue weighted by atomic mass is 10.2. The highest BCUT2D eigenvalue weighted by atomic mass is 16.5. The zero-order valence-electron chi connectivity index (χ0n) is 18.4. The van der Waals surface area contributed by atoms with Crippen LogP contribution in [0.4, 0.5) is 17.1 Å². The van der Waals surface area contributed by atoms with Crippen LogP contribution >= 0.6 is 0 Å². The zero-order valence-corrected chi connectivity index (χ0v) is 18.4. The Morgan fingerprint density at radius 3 is 2.00 bits per heavy atom. The molecule has 166 valence electrons. The summed E-state index contributed by atoms with van der Waals surface area (Å²) in [5.41, 5.74) is 3.20. The van der Waals surface area contributed by atoms with Gasteiger partial charge in [-0.3, -0.25) is 9.69 Å². The molecule has 0 aliphatic carbocycles. The van der Waals surface area contributed by atoms with Crippen LogP contribution in [0.5, 0.6) is 5.75 Å². The Balaban J connectivity index is 1.27. The Labute approximate surface area is 184 Å². The number of morpholine rings is 1. The van der Waals surface area contributed by atoms with Gasteiger partial charge in [0.25, 0.3) is 0 Å². The monoisotopic (exact) mass is 424 g/mol. The van der Waals surface area contributed by atoms with Crippen molar-refractivity contribution in [1.82, 2.24) is 4.90 Å². The van der Waals surface area contributed by atoms with Crippen molar-refractivity contribution in [2.75, 3.05) is 74.7 Å². The van der Waals surface area contributed by atoms with Crippen molar-refractivity contribution < 1.29 is 14.3 Å². The fourth-order valence-corrected chi connectivity index (χ4v) is 4.15. The highest BCUT2D eigenvalue weighted by Crippen LogP contribution is 2.22. The third-order valence-corrected chi connectivity index (χ3v) is 6.19. The summed E-state index contributed by atoms with van der Waals surface area (Å²) in [5.74, 6) is 0.905. The largest absolute Gasteiger partial charge is 0.497 e. The van der Waals surface area contributed by atoms with Crippen LogP contribution in [0.25, 0.3) is 0 Å². The second kappa shape index (κ2) is 10.0. The summed E-state index contributed by atoms with van der Waals surface area (Å²) in [6.45, 7) is 8.85. The van der Waals surface area contributed by atoms with Gasteiger partial charge in [0.15, 0.2) is 0 Å². The van der Waals surface area contributed by atoms with Gasteiger partial charge in [-0.1, -0.05) is 0 Å². The topological polar surface area (TPSA) is 57.3 Å². The minimum atomic E-state index is -0.170. The van der Waals surface area contributed by atoms with Crippen LogP contribution < -0.4 is 19.9 Å². The first-order valence-electron chi connectivity index (χ1n) is 11.0. The molecule has 2 saturated heterocycles. The van der Waals surface area contributed by atoms with Gasteiger partial charge in [-0.05, 0) is 55.5 Å².